The van der Waals surface area contributed by atoms with Crippen LogP contribution in [0, 0.1) is 0 Å². The number of carbonyl (C=O) groups excluding carboxylic acids is 1. The number of rotatable bonds is 4. The number of fused-ring (bicyclic) bond motifs is 1. The second-order valence-electron chi connectivity index (χ2n) is 8.46. The molecule has 0 saturated carbocycles. The van der Waals surface area contributed by atoms with Gasteiger partial charge in [-0.1, -0.05) is 61.9 Å². The first-order chi connectivity index (χ1) is 13.8. The molecule has 0 spiro atoms. The molecule has 0 aliphatic carbocycles. The molecule has 2 aromatic carbocycles. The summed E-state index contributed by atoms with van der Waals surface area (Å²) in [4.78, 5) is 19.9. The van der Waals surface area contributed by atoms with Gasteiger partial charge in [0, 0.05) is 12.2 Å². The van der Waals surface area contributed by atoms with Crippen LogP contribution in [0.2, 0.25) is 5.02 Å². The zero-order chi connectivity index (χ0) is 20.6. The number of anilines is 1. The van der Waals surface area contributed by atoms with Crippen LogP contribution in [0.5, 0.6) is 0 Å². The third-order valence-electron chi connectivity index (χ3n) is 5.24. The Labute approximate surface area is 180 Å². The predicted molar refractivity (Wildman–Crippen MR) is 120 cm³/mol. The smallest absolute Gasteiger partial charge is 0.260 e. The number of benzene rings is 2. The summed E-state index contributed by atoms with van der Waals surface area (Å²) in [5.41, 5.74) is 2.64. The minimum atomic E-state index is -0.0591. The molecule has 1 aromatic heterocycles. The van der Waals surface area contributed by atoms with E-state index in [-0.39, 0.29) is 17.4 Å². The summed E-state index contributed by atoms with van der Waals surface area (Å²) < 4.78 is 6.78. The molecule has 152 valence electrons. The molecule has 1 atom stereocenters. The molecule has 1 unspecified atom stereocenters. The van der Waals surface area contributed by atoms with Gasteiger partial charge in [0.25, 0.3) is 5.91 Å². The SMILES string of the molecule is CC(C)(C)c1ccc(C(=O)N(CC2CCCO2)c2nc3c(Cl)cccc3s2)cc1. The normalized spacial score (nSPS) is 17.0. The fourth-order valence-electron chi connectivity index (χ4n) is 3.53. The second kappa shape index (κ2) is 8.05. The Hall–Kier alpha value is -1.95. The van der Waals surface area contributed by atoms with Crippen LogP contribution in [0.15, 0.2) is 42.5 Å². The van der Waals surface area contributed by atoms with Crippen LogP contribution in [0.3, 0.4) is 0 Å². The number of ether oxygens (including phenoxy) is 1. The molecule has 29 heavy (non-hydrogen) atoms. The molecule has 6 heteroatoms. The van der Waals surface area contributed by atoms with Gasteiger partial charge in [0.15, 0.2) is 5.13 Å². The van der Waals surface area contributed by atoms with E-state index in [0.717, 1.165) is 29.7 Å². The van der Waals surface area contributed by atoms with Crippen LogP contribution in [-0.2, 0) is 10.2 Å². The summed E-state index contributed by atoms with van der Waals surface area (Å²) in [6, 6.07) is 13.6. The summed E-state index contributed by atoms with van der Waals surface area (Å²) in [7, 11) is 0. The highest BCUT2D eigenvalue weighted by Gasteiger charge is 2.27. The minimum absolute atomic E-state index is 0.0373. The number of thiazole rings is 1. The topological polar surface area (TPSA) is 42.4 Å². The van der Waals surface area contributed by atoms with Crippen LogP contribution < -0.4 is 4.90 Å². The summed E-state index contributed by atoms with van der Waals surface area (Å²) in [6.45, 7) is 7.74. The molecule has 2 heterocycles. The second-order valence-corrected chi connectivity index (χ2v) is 9.88. The lowest BCUT2D eigenvalue weighted by Crippen LogP contribution is -2.37. The highest BCUT2D eigenvalue weighted by atomic mass is 35.5. The maximum absolute atomic E-state index is 13.5. The van der Waals surface area contributed by atoms with Gasteiger partial charge in [-0.2, -0.15) is 0 Å². The average molecular weight is 429 g/mol. The first-order valence-corrected chi connectivity index (χ1v) is 11.1. The summed E-state index contributed by atoms with van der Waals surface area (Å²) >= 11 is 7.81. The Morgan fingerprint density at radius 2 is 2.00 bits per heavy atom. The fraction of sp³-hybridized carbons (Fsp3) is 0.391. The van der Waals surface area contributed by atoms with E-state index in [4.69, 9.17) is 21.3 Å². The van der Waals surface area contributed by atoms with Crippen molar-refractivity contribution < 1.29 is 9.53 Å². The van der Waals surface area contributed by atoms with Gasteiger partial charge < -0.3 is 4.74 Å². The number of hydrogen-bond donors (Lipinski definition) is 0. The van der Waals surface area contributed by atoms with Crippen molar-refractivity contribution in [1.29, 1.82) is 0 Å². The molecule has 1 amide bonds. The van der Waals surface area contributed by atoms with Gasteiger partial charge in [-0.3, -0.25) is 9.69 Å². The van der Waals surface area contributed by atoms with E-state index in [0.29, 0.717) is 22.3 Å². The zero-order valence-electron chi connectivity index (χ0n) is 16.9. The fourth-order valence-corrected chi connectivity index (χ4v) is 4.80. The predicted octanol–water partition coefficient (Wildman–Crippen LogP) is 6.07. The van der Waals surface area contributed by atoms with Gasteiger partial charge >= 0.3 is 0 Å². The number of aromatic nitrogens is 1. The molecule has 4 rings (SSSR count). The van der Waals surface area contributed by atoms with Crippen molar-refractivity contribution in [2.45, 2.75) is 45.1 Å². The van der Waals surface area contributed by atoms with Crippen molar-refractivity contribution >= 4 is 44.2 Å². The van der Waals surface area contributed by atoms with E-state index in [9.17, 15) is 4.79 Å². The monoisotopic (exact) mass is 428 g/mol. The first-order valence-electron chi connectivity index (χ1n) is 9.92. The van der Waals surface area contributed by atoms with Gasteiger partial charge in [-0.15, -0.1) is 0 Å². The largest absolute Gasteiger partial charge is 0.376 e. The number of nitrogens with zero attached hydrogens (tertiary/aromatic N) is 2. The lowest BCUT2D eigenvalue weighted by molar-refractivity contribution is 0.0917. The van der Waals surface area contributed by atoms with E-state index in [2.05, 4.69) is 20.8 Å². The van der Waals surface area contributed by atoms with Gasteiger partial charge in [-0.05, 0) is 48.1 Å². The third-order valence-corrected chi connectivity index (χ3v) is 6.59. The third kappa shape index (κ3) is 4.32. The number of amides is 1. The Bertz CT molecular complexity index is 1020. The molecule has 0 N–H and O–H groups in total. The summed E-state index contributed by atoms with van der Waals surface area (Å²) in [6.07, 6.45) is 2.02. The molecular formula is C23H25ClN2O2S. The lowest BCUT2D eigenvalue weighted by atomic mass is 9.86. The van der Waals surface area contributed by atoms with E-state index >= 15 is 0 Å². The number of para-hydroxylation sites is 1. The summed E-state index contributed by atoms with van der Waals surface area (Å²) in [5, 5.41) is 1.26. The van der Waals surface area contributed by atoms with Crippen LogP contribution in [0.25, 0.3) is 10.2 Å². The zero-order valence-corrected chi connectivity index (χ0v) is 18.5. The quantitative estimate of drug-likeness (QED) is 0.506. The van der Waals surface area contributed by atoms with Crippen molar-refractivity contribution in [2.24, 2.45) is 0 Å². The molecule has 1 saturated heterocycles. The van der Waals surface area contributed by atoms with Crippen LogP contribution in [0.1, 0.15) is 49.5 Å². The van der Waals surface area contributed by atoms with Crippen molar-refractivity contribution in [3.63, 3.8) is 0 Å². The highest BCUT2D eigenvalue weighted by Crippen LogP contribution is 2.34. The van der Waals surface area contributed by atoms with Gasteiger partial charge in [0.1, 0.15) is 5.52 Å². The van der Waals surface area contributed by atoms with E-state index in [1.165, 1.54) is 16.9 Å². The first kappa shape index (κ1) is 20.3. The van der Waals surface area contributed by atoms with Crippen molar-refractivity contribution in [1.82, 2.24) is 4.98 Å². The molecular weight excluding hydrogens is 404 g/mol. The molecule has 1 aliphatic heterocycles. The van der Waals surface area contributed by atoms with Gasteiger partial charge in [0.05, 0.1) is 22.4 Å². The Morgan fingerprint density at radius 1 is 1.24 bits per heavy atom. The number of halogens is 1. The maximum Gasteiger partial charge on any atom is 0.260 e. The Balaban J connectivity index is 1.69. The molecule has 0 bridgehead atoms. The molecule has 4 nitrogen and oxygen atoms in total. The van der Waals surface area contributed by atoms with Gasteiger partial charge in [-0.25, -0.2) is 4.98 Å². The van der Waals surface area contributed by atoms with Crippen molar-refractivity contribution in [2.75, 3.05) is 18.1 Å². The standard InChI is InChI=1S/C23H25ClN2O2S/c1-23(2,3)16-11-9-15(10-12-16)21(27)26(14-17-6-5-13-28-17)22-25-20-18(24)7-4-8-19(20)29-22/h4,7-12,17H,5-6,13-14H2,1-3H3. The van der Waals surface area contributed by atoms with Crippen LogP contribution in [-0.4, -0.2) is 30.1 Å². The summed E-state index contributed by atoms with van der Waals surface area (Å²) in [5.74, 6) is -0.0591. The Morgan fingerprint density at radius 3 is 2.62 bits per heavy atom. The van der Waals surface area contributed by atoms with Crippen LogP contribution in [0.4, 0.5) is 5.13 Å². The highest BCUT2D eigenvalue weighted by molar-refractivity contribution is 7.22. The van der Waals surface area contributed by atoms with E-state index in [1.54, 1.807) is 4.90 Å². The molecule has 1 aliphatic rings. The van der Waals surface area contributed by atoms with E-state index < -0.39 is 0 Å². The lowest BCUT2D eigenvalue weighted by Gasteiger charge is -2.24. The molecule has 0 radical (unpaired) electrons. The van der Waals surface area contributed by atoms with Crippen molar-refractivity contribution in [3.05, 3.63) is 58.6 Å². The average Bonchev–Trinajstić information content (AvgIpc) is 3.35. The molecule has 1 fully saturated rings. The van der Waals surface area contributed by atoms with Gasteiger partial charge in [0.2, 0.25) is 0 Å². The minimum Gasteiger partial charge on any atom is -0.376 e. The number of hydrogen-bond acceptors (Lipinski definition) is 4. The number of carbonyl (C=O) groups is 1. The molecule has 3 aromatic rings. The van der Waals surface area contributed by atoms with Crippen LogP contribution >= 0.6 is 22.9 Å². The van der Waals surface area contributed by atoms with Crippen molar-refractivity contribution in [3.8, 4) is 0 Å². The van der Waals surface area contributed by atoms with E-state index in [1.807, 2.05) is 42.5 Å². The maximum atomic E-state index is 13.5. The Kier molecular flexibility index (Phi) is 5.65.